The van der Waals surface area contributed by atoms with Crippen LogP contribution in [0.1, 0.15) is 41.4 Å². The van der Waals surface area contributed by atoms with Crippen molar-refractivity contribution in [3.63, 3.8) is 0 Å². The molecular weight excluding hydrogens is 424 g/mol. The van der Waals surface area contributed by atoms with Gasteiger partial charge in [-0.2, -0.15) is 0 Å². The largest absolute Gasteiger partial charge is 0.454 e. The van der Waals surface area contributed by atoms with Crippen molar-refractivity contribution in [3.05, 3.63) is 107 Å². The number of rotatable bonds is 2. The molecule has 4 aromatic rings. The van der Waals surface area contributed by atoms with Gasteiger partial charge in [-0.05, 0) is 59.4 Å². The van der Waals surface area contributed by atoms with E-state index in [0.717, 1.165) is 56.9 Å². The van der Waals surface area contributed by atoms with E-state index in [1.54, 1.807) is 0 Å². The lowest BCUT2D eigenvalue weighted by atomic mass is 9.71. The van der Waals surface area contributed by atoms with Gasteiger partial charge in [-0.3, -0.25) is 9.78 Å². The molecule has 3 heterocycles. The van der Waals surface area contributed by atoms with Crippen LogP contribution in [0.3, 0.4) is 0 Å². The van der Waals surface area contributed by atoms with E-state index in [2.05, 4.69) is 40.6 Å². The van der Waals surface area contributed by atoms with Gasteiger partial charge in [0.25, 0.3) is 0 Å². The average molecular weight is 447 g/mol. The molecule has 1 aromatic heterocycles. The van der Waals surface area contributed by atoms with E-state index in [9.17, 15) is 4.79 Å². The summed E-state index contributed by atoms with van der Waals surface area (Å²) in [6.45, 7) is 0.226. The molecule has 166 valence electrons. The van der Waals surface area contributed by atoms with Gasteiger partial charge < -0.3 is 14.8 Å². The smallest absolute Gasteiger partial charge is 0.231 e. The lowest BCUT2D eigenvalue weighted by Gasteiger charge is -2.37. The van der Waals surface area contributed by atoms with Crippen molar-refractivity contribution in [2.24, 2.45) is 0 Å². The van der Waals surface area contributed by atoms with E-state index in [-0.39, 0.29) is 24.4 Å². The Bertz CT molecular complexity index is 1490. The van der Waals surface area contributed by atoms with Gasteiger partial charge in [0.15, 0.2) is 17.3 Å². The standard InChI is InChI=1S/C29H22N2O3/c32-24-14-19(17-5-2-1-3-6-17)13-23-28(24)27(18-8-11-25-26(15-18)34-16-33-25)21-9-10-22-20(29(21)31-23)7-4-12-30-22/h1-12,15,19,27,31H,13-14,16H2/t19-,27+/m1/s1. The zero-order chi connectivity index (χ0) is 22.6. The van der Waals surface area contributed by atoms with Crippen LogP contribution >= 0.6 is 0 Å². The molecule has 2 aliphatic heterocycles. The Morgan fingerprint density at radius 2 is 1.74 bits per heavy atom. The molecule has 5 heteroatoms. The van der Waals surface area contributed by atoms with Gasteiger partial charge in [0.1, 0.15) is 0 Å². The maximum atomic E-state index is 13.7. The predicted octanol–water partition coefficient (Wildman–Crippen LogP) is 5.92. The minimum Gasteiger partial charge on any atom is -0.454 e. The summed E-state index contributed by atoms with van der Waals surface area (Å²) in [7, 11) is 0. The van der Waals surface area contributed by atoms with Crippen molar-refractivity contribution in [2.75, 3.05) is 12.1 Å². The highest BCUT2D eigenvalue weighted by Crippen LogP contribution is 2.50. The number of Topliss-reactive ketones (excluding diaryl/α,β-unsaturated/α-hetero) is 1. The van der Waals surface area contributed by atoms with E-state index >= 15 is 0 Å². The number of ether oxygens (including phenoxy) is 2. The zero-order valence-corrected chi connectivity index (χ0v) is 18.5. The topological polar surface area (TPSA) is 60.5 Å². The molecule has 0 saturated heterocycles. The van der Waals surface area contributed by atoms with Crippen molar-refractivity contribution >= 4 is 22.4 Å². The van der Waals surface area contributed by atoms with Gasteiger partial charge in [-0.25, -0.2) is 0 Å². The summed E-state index contributed by atoms with van der Waals surface area (Å²) < 4.78 is 11.2. The summed E-state index contributed by atoms with van der Waals surface area (Å²) in [4.78, 5) is 18.3. The van der Waals surface area contributed by atoms with E-state index in [4.69, 9.17) is 9.47 Å². The minimum absolute atomic E-state index is 0.159. The average Bonchev–Trinajstić information content (AvgIpc) is 3.36. The molecule has 3 aromatic carbocycles. The SMILES string of the molecule is O=C1C[C@H](c2ccccc2)CC2=C1[C@@H](c1ccc3c(c1)OCO3)c1ccc3ncccc3c1N2. The Morgan fingerprint density at radius 1 is 0.853 bits per heavy atom. The molecule has 0 radical (unpaired) electrons. The van der Waals surface area contributed by atoms with Gasteiger partial charge in [-0.15, -0.1) is 0 Å². The fraction of sp³-hybridized carbons (Fsp3) is 0.172. The van der Waals surface area contributed by atoms with Crippen LogP contribution in [0.4, 0.5) is 5.69 Å². The van der Waals surface area contributed by atoms with Crippen LogP contribution < -0.4 is 14.8 Å². The zero-order valence-electron chi connectivity index (χ0n) is 18.5. The number of benzene rings is 3. The number of aromatic nitrogens is 1. The monoisotopic (exact) mass is 446 g/mol. The number of allylic oxidation sites excluding steroid dienone is 2. The summed E-state index contributed by atoms with van der Waals surface area (Å²) in [5.41, 5.74) is 7.17. The predicted molar refractivity (Wildman–Crippen MR) is 130 cm³/mol. The molecule has 3 aliphatic rings. The lowest BCUT2D eigenvalue weighted by Crippen LogP contribution is -2.30. The number of nitrogens with one attached hydrogen (secondary N) is 1. The summed E-state index contributed by atoms with van der Waals surface area (Å²) in [6, 6.07) is 24.6. The molecule has 0 amide bonds. The van der Waals surface area contributed by atoms with Crippen LogP contribution in [-0.4, -0.2) is 17.6 Å². The summed E-state index contributed by atoms with van der Waals surface area (Å²) in [5, 5.41) is 4.75. The summed E-state index contributed by atoms with van der Waals surface area (Å²) in [5.74, 6) is 1.66. The molecule has 0 unspecified atom stereocenters. The van der Waals surface area contributed by atoms with Crippen molar-refractivity contribution in [2.45, 2.75) is 24.7 Å². The quantitative estimate of drug-likeness (QED) is 0.414. The number of nitrogens with zero attached hydrogens (tertiary/aromatic N) is 1. The number of hydrogen-bond donors (Lipinski definition) is 1. The molecule has 0 fully saturated rings. The fourth-order valence-corrected chi connectivity index (χ4v) is 5.64. The maximum Gasteiger partial charge on any atom is 0.231 e. The molecule has 0 spiro atoms. The second-order valence-electron chi connectivity index (χ2n) is 9.10. The van der Waals surface area contributed by atoms with Crippen LogP contribution in [0.15, 0.2) is 90.3 Å². The molecule has 2 atom stereocenters. The number of fused-ring (bicyclic) bond motifs is 4. The van der Waals surface area contributed by atoms with Gasteiger partial charge in [0.2, 0.25) is 6.79 Å². The van der Waals surface area contributed by atoms with Gasteiger partial charge in [-0.1, -0.05) is 42.5 Å². The molecule has 5 nitrogen and oxygen atoms in total. The second kappa shape index (κ2) is 7.45. The molecule has 7 rings (SSSR count). The maximum absolute atomic E-state index is 13.7. The first kappa shape index (κ1) is 19.4. The molecule has 0 bridgehead atoms. The minimum atomic E-state index is -0.172. The first-order valence-corrected chi connectivity index (χ1v) is 11.6. The molecule has 1 aliphatic carbocycles. The third kappa shape index (κ3) is 2.93. The van der Waals surface area contributed by atoms with E-state index in [0.29, 0.717) is 6.42 Å². The lowest BCUT2D eigenvalue weighted by molar-refractivity contribution is -0.116. The van der Waals surface area contributed by atoms with E-state index < -0.39 is 0 Å². The number of carbonyl (C=O) groups excluding carboxylic acids is 1. The molecule has 0 saturated carbocycles. The van der Waals surface area contributed by atoms with Crippen molar-refractivity contribution in [1.82, 2.24) is 4.98 Å². The Morgan fingerprint density at radius 3 is 2.65 bits per heavy atom. The molecule has 34 heavy (non-hydrogen) atoms. The van der Waals surface area contributed by atoms with Crippen molar-refractivity contribution < 1.29 is 14.3 Å². The summed E-state index contributed by atoms with van der Waals surface area (Å²) >= 11 is 0. The normalized spacial score (nSPS) is 20.6. The van der Waals surface area contributed by atoms with E-state index in [1.165, 1.54) is 5.56 Å². The van der Waals surface area contributed by atoms with Crippen LogP contribution in [-0.2, 0) is 4.79 Å². The van der Waals surface area contributed by atoms with Crippen molar-refractivity contribution in [1.29, 1.82) is 0 Å². The number of ketones is 1. The Kier molecular flexibility index (Phi) is 4.24. The highest BCUT2D eigenvalue weighted by molar-refractivity contribution is 6.04. The van der Waals surface area contributed by atoms with Crippen LogP contribution in [0.25, 0.3) is 10.9 Å². The van der Waals surface area contributed by atoms with E-state index in [1.807, 2.05) is 48.7 Å². The Balaban J connectivity index is 1.42. The number of hydrogen-bond acceptors (Lipinski definition) is 5. The number of pyridine rings is 1. The summed E-state index contributed by atoms with van der Waals surface area (Å²) in [6.07, 6.45) is 3.12. The van der Waals surface area contributed by atoms with Gasteiger partial charge in [0, 0.05) is 35.2 Å². The Hall–Kier alpha value is -4.12. The number of carbonyl (C=O) groups is 1. The molecule has 1 N–H and O–H groups in total. The number of anilines is 1. The van der Waals surface area contributed by atoms with Crippen LogP contribution in [0, 0.1) is 0 Å². The Labute approximate surface area is 197 Å². The first-order chi connectivity index (χ1) is 16.8. The van der Waals surface area contributed by atoms with Crippen molar-refractivity contribution in [3.8, 4) is 11.5 Å². The highest BCUT2D eigenvalue weighted by atomic mass is 16.7. The third-order valence-corrected chi connectivity index (χ3v) is 7.20. The third-order valence-electron chi connectivity index (χ3n) is 7.20. The molecular formula is C29H22N2O3. The van der Waals surface area contributed by atoms with Crippen LogP contribution in [0.2, 0.25) is 0 Å². The van der Waals surface area contributed by atoms with Gasteiger partial charge >= 0.3 is 0 Å². The van der Waals surface area contributed by atoms with Crippen LogP contribution in [0.5, 0.6) is 11.5 Å². The first-order valence-electron chi connectivity index (χ1n) is 11.6. The second-order valence-corrected chi connectivity index (χ2v) is 9.10. The fourth-order valence-electron chi connectivity index (χ4n) is 5.64. The highest BCUT2D eigenvalue weighted by Gasteiger charge is 2.39. The van der Waals surface area contributed by atoms with Gasteiger partial charge in [0.05, 0.1) is 11.2 Å².